The van der Waals surface area contributed by atoms with E-state index in [4.69, 9.17) is 0 Å². The summed E-state index contributed by atoms with van der Waals surface area (Å²) in [5, 5.41) is 3.05. The van der Waals surface area contributed by atoms with E-state index in [1.165, 1.54) is 19.1 Å². The van der Waals surface area contributed by atoms with E-state index in [1.54, 1.807) is 6.07 Å². The smallest absolute Gasteiger partial charge is 0.123 e. The quantitative estimate of drug-likeness (QED) is 0.705. The second-order valence-corrected chi connectivity index (χ2v) is 3.40. The van der Waals surface area contributed by atoms with Crippen LogP contribution in [-0.4, -0.2) is 12.7 Å². The Kier molecular flexibility index (Phi) is 1.94. The summed E-state index contributed by atoms with van der Waals surface area (Å²) in [5.41, 5.74) is 1.62. The van der Waals surface area contributed by atoms with Gasteiger partial charge in [0.2, 0.25) is 0 Å². The number of nitrogens with one attached hydrogen (secondary N) is 1. The maximum Gasteiger partial charge on any atom is 0.123 e. The Morgan fingerprint density at radius 2 is 2.31 bits per heavy atom. The molecule has 3 heteroatoms. The summed E-state index contributed by atoms with van der Waals surface area (Å²) in [4.78, 5) is 0. The van der Waals surface area contributed by atoms with Crippen molar-refractivity contribution in [3.8, 4) is 0 Å². The first-order valence-electron chi connectivity index (χ1n) is 4.36. The van der Waals surface area contributed by atoms with Crippen LogP contribution >= 0.6 is 0 Å². The molecule has 1 N–H and O–H groups in total. The topological polar surface area (TPSA) is 12.0 Å². The van der Waals surface area contributed by atoms with Crippen LogP contribution in [0.25, 0.3) is 0 Å². The minimum atomic E-state index is -0.935. The molecule has 13 heavy (non-hydrogen) atoms. The lowest BCUT2D eigenvalue weighted by molar-refractivity contribution is 0.317. The van der Waals surface area contributed by atoms with Gasteiger partial charge in [0.15, 0.2) is 0 Å². The molecule has 0 radical (unpaired) electrons. The molecule has 1 aliphatic heterocycles. The molecule has 2 rings (SSSR count). The molecule has 2 unspecified atom stereocenters. The summed E-state index contributed by atoms with van der Waals surface area (Å²) in [6, 6.07) is 4.46. The minimum absolute atomic E-state index is 0.203. The maximum atomic E-state index is 13.1. The van der Waals surface area contributed by atoms with Gasteiger partial charge in [-0.3, -0.25) is 0 Å². The van der Waals surface area contributed by atoms with Crippen molar-refractivity contribution < 1.29 is 8.78 Å². The van der Waals surface area contributed by atoms with Crippen LogP contribution in [0.15, 0.2) is 18.2 Å². The molecule has 0 fully saturated rings. The Morgan fingerprint density at radius 1 is 1.54 bits per heavy atom. The number of benzene rings is 1. The lowest BCUT2D eigenvalue weighted by Gasteiger charge is -2.10. The first-order valence-corrected chi connectivity index (χ1v) is 4.36. The van der Waals surface area contributed by atoms with Crippen LogP contribution in [0.4, 0.5) is 14.5 Å². The summed E-state index contributed by atoms with van der Waals surface area (Å²) in [7, 11) is 0. The zero-order chi connectivity index (χ0) is 9.42. The average Bonchev–Trinajstić information content (AvgIpc) is 2.46. The predicted octanol–water partition coefficient (Wildman–Crippen LogP) is 2.69. The van der Waals surface area contributed by atoms with Crippen LogP contribution in [0.5, 0.6) is 0 Å². The van der Waals surface area contributed by atoms with Gasteiger partial charge in [-0.2, -0.15) is 0 Å². The fourth-order valence-electron chi connectivity index (χ4n) is 1.74. The molecule has 0 saturated heterocycles. The van der Waals surface area contributed by atoms with Crippen LogP contribution in [0.1, 0.15) is 18.4 Å². The van der Waals surface area contributed by atoms with E-state index in [9.17, 15) is 8.78 Å². The average molecular weight is 183 g/mol. The lowest BCUT2D eigenvalue weighted by atomic mass is 9.97. The number of hydrogen-bond acceptors (Lipinski definition) is 1. The van der Waals surface area contributed by atoms with Gasteiger partial charge in [0.1, 0.15) is 12.0 Å². The van der Waals surface area contributed by atoms with Gasteiger partial charge < -0.3 is 5.32 Å². The molecular formula is C10H11F2N. The zero-order valence-corrected chi connectivity index (χ0v) is 7.35. The molecular weight excluding hydrogens is 172 g/mol. The van der Waals surface area contributed by atoms with Gasteiger partial charge in [0.25, 0.3) is 0 Å². The molecule has 1 heterocycles. The van der Waals surface area contributed by atoms with Gasteiger partial charge in [0, 0.05) is 18.2 Å². The molecule has 0 saturated carbocycles. The molecule has 2 atom stereocenters. The minimum Gasteiger partial charge on any atom is -0.384 e. The predicted molar refractivity (Wildman–Crippen MR) is 48.2 cm³/mol. The SMILES string of the molecule is CC(F)C1CNc2ccc(F)cc21. The lowest BCUT2D eigenvalue weighted by Crippen LogP contribution is -2.12. The summed E-state index contributed by atoms with van der Waals surface area (Å²) in [6.45, 7) is 2.07. The Hall–Kier alpha value is -1.12. The van der Waals surface area contributed by atoms with E-state index in [0.717, 1.165) is 11.3 Å². The largest absolute Gasteiger partial charge is 0.384 e. The van der Waals surface area contributed by atoms with E-state index in [-0.39, 0.29) is 11.7 Å². The van der Waals surface area contributed by atoms with E-state index in [0.29, 0.717) is 6.54 Å². The van der Waals surface area contributed by atoms with Crippen molar-refractivity contribution in [1.29, 1.82) is 0 Å². The van der Waals surface area contributed by atoms with Crippen LogP contribution in [-0.2, 0) is 0 Å². The molecule has 0 amide bonds. The molecule has 1 nitrogen and oxygen atoms in total. The Bertz CT molecular complexity index is 323. The Balaban J connectivity index is 2.40. The van der Waals surface area contributed by atoms with Gasteiger partial charge in [-0.15, -0.1) is 0 Å². The van der Waals surface area contributed by atoms with Crippen LogP contribution < -0.4 is 5.32 Å². The number of alkyl halides is 1. The van der Waals surface area contributed by atoms with E-state index in [1.807, 2.05) is 0 Å². The first-order chi connectivity index (χ1) is 6.18. The molecule has 0 aromatic heterocycles. The van der Waals surface area contributed by atoms with Crippen molar-refractivity contribution >= 4 is 5.69 Å². The number of halogens is 2. The zero-order valence-electron chi connectivity index (χ0n) is 7.35. The van der Waals surface area contributed by atoms with Crippen molar-refractivity contribution in [3.63, 3.8) is 0 Å². The van der Waals surface area contributed by atoms with Crippen LogP contribution in [0.3, 0.4) is 0 Å². The maximum absolute atomic E-state index is 13.1. The highest BCUT2D eigenvalue weighted by Crippen LogP contribution is 2.34. The highest BCUT2D eigenvalue weighted by Gasteiger charge is 2.27. The molecule has 0 aliphatic carbocycles. The van der Waals surface area contributed by atoms with E-state index < -0.39 is 6.17 Å². The first kappa shape index (κ1) is 8.48. The molecule has 0 spiro atoms. The van der Waals surface area contributed by atoms with Crippen molar-refractivity contribution in [2.45, 2.75) is 19.0 Å². The van der Waals surface area contributed by atoms with Crippen molar-refractivity contribution in [2.24, 2.45) is 0 Å². The highest BCUT2D eigenvalue weighted by atomic mass is 19.1. The number of anilines is 1. The second-order valence-electron chi connectivity index (χ2n) is 3.40. The highest BCUT2D eigenvalue weighted by molar-refractivity contribution is 5.58. The van der Waals surface area contributed by atoms with Crippen molar-refractivity contribution in [2.75, 3.05) is 11.9 Å². The molecule has 1 aromatic carbocycles. The van der Waals surface area contributed by atoms with Crippen molar-refractivity contribution in [1.82, 2.24) is 0 Å². The Morgan fingerprint density at radius 3 is 3.00 bits per heavy atom. The molecule has 0 bridgehead atoms. The monoisotopic (exact) mass is 183 g/mol. The third kappa shape index (κ3) is 1.39. The molecule has 1 aliphatic rings. The number of hydrogen-bond donors (Lipinski definition) is 1. The number of fused-ring (bicyclic) bond motifs is 1. The van der Waals surface area contributed by atoms with E-state index >= 15 is 0 Å². The van der Waals surface area contributed by atoms with Crippen LogP contribution in [0.2, 0.25) is 0 Å². The third-order valence-electron chi connectivity index (χ3n) is 2.48. The summed E-state index contributed by atoms with van der Waals surface area (Å²) in [6.07, 6.45) is -0.935. The molecule has 70 valence electrons. The van der Waals surface area contributed by atoms with Gasteiger partial charge in [-0.05, 0) is 30.7 Å². The van der Waals surface area contributed by atoms with Gasteiger partial charge in [-0.25, -0.2) is 8.78 Å². The summed E-state index contributed by atoms with van der Waals surface area (Å²) < 4.78 is 25.9. The fraction of sp³-hybridized carbons (Fsp3) is 0.400. The second kappa shape index (κ2) is 2.98. The molecule has 1 aromatic rings. The van der Waals surface area contributed by atoms with Crippen LogP contribution in [0, 0.1) is 5.82 Å². The summed E-state index contributed by atoms with van der Waals surface area (Å²) >= 11 is 0. The van der Waals surface area contributed by atoms with Crippen molar-refractivity contribution in [3.05, 3.63) is 29.6 Å². The van der Waals surface area contributed by atoms with Gasteiger partial charge >= 0.3 is 0 Å². The van der Waals surface area contributed by atoms with E-state index in [2.05, 4.69) is 5.32 Å². The van der Waals surface area contributed by atoms with Gasteiger partial charge in [-0.1, -0.05) is 0 Å². The normalized spacial score (nSPS) is 22.2. The summed E-state index contributed by atoms with van der Waals surface area (Å²) in [5.74, 6) is -0.501. The third-order valence-corrected chi connectivity index (χ3v) is 2.48. The number of rotatable bonds is 1. The van der Waals surface area contributed by atoms with Gasteiger partial charge in [0.05, 0.1) is 0 Å². The Labute approximate surface area is 75.8 Å². The fourth-order valence-corrected chi connectivity index (χ4v) is 1.74. The standard InChI is InChI=1S/C10H11F2N/c1-6(11)9-5-13-10-3-2-7(12)4-8(9)10/h2-4,6,9,13H,5H2,1H3.